The second kappa shape index (κ2) is 8.62. The Kier molecular flexibility index (Phi) is 7.50. The molecule has 0 fully saturated rings. The smallest absolute Gasteiger partial charge is 0.187 e. The predicted molar refractivity (Wildman–Crippen MR) is 91.8 cm³/mol. The summed E-state index contributed by atoms with van der Waals surface area (Å²) in [5.41, 5.74) is 1.61. The minimum Gasteiger partial charge on any atom is -0.494 e. The van der Waals surface area contributed by atoms with E-state index >= 15 is 0 Å². The van der Waals surface area contributed by atoms with Gasteiger partial charge in [-0.15, -0.1) is 0 Å². The van der Waals surface area contributed by atoms with Gasteiger partial charge >= 0.3 is 0 Å². The zero-order valence-electron chi connectivity index (χ0n) is 12.4. The van der Waals surface area contributed by atoms with Crippen molar-refractivity contribution >= 4 is 49.9 Å². The summed E-state index contributed by atoms with van der Waals surface area (Å²) in [6.07, 6.45) is 0. The molecule has 0 aliphatic rings. The third-order valence-electron chi connectivity index (χ3n) is 2.87. The van der Waals surface area contributed by atoms with Crippen LogP contribution >= 0.6 is 20.2 Å². The van der Waals surface area contributed by atoms with Gasteiger partial charge in [0.25, 0.3) is 0 Å². The molecule has 105 valence electrons. The first-order valence-corrected chi connectivity index (χ1v) is 7.79. The zero-order valence-corrected chi connectivity index (χ0v) is 14.2. The molecule has 1 unspecified atom stereocenters. The van der Waals surface area contributed by atoms with Crippen molar-refractivity contribution in [3.63, 3.8) is 0 Å². The fraction of sp³-hybridized carbons (Fsp3) is 0.188. The Balaban J connectivity index is 0.00000220. The molecule has 0 saturated carbocycles. The summed E-state index contributed by atoms with van der Waals surface area (Å²) >= 11 is 6.12. The van der Waals surface area contributed by atoms with Crippen LogP contribution in [-0.4, -0.2) is 31.0 Å². The van der Waals surface area contributed by atoms with Crippen LogP contribution in [0, 0.1) is 6.92 Å². The molecule has 21 heavy (non-hydrogen) atoms. The van der Waals surface area contributed by atoms with Crippen LogP contribution in [0.5, 0.6) is 5.75 Å². The standard InChI is InChI=1S/C16H16ClO2P.Li/c1-3-19-12-7-9-13(10-8-12)20-16(18)15-11(2)5-4-6-14(15)17;/h4-10,20H,3H2,1-2H3;. The molecule has 0 aliphatic heterocycles. The maximum Gasteiger partial charge on any atom is 0.187 e. The van der Waals surface area contributed by atoms with E-state index in [0.29, 0.717) is 17.2 Å². The molecule has 0 amide bonds. The number of hydrogen-bond acceptors (Lipinski definition) is 2. The van der Waals surface area contributed by atoms with Crippen LogP contribution in [0.15, 0.2) is 42.5 Å². The van der Waals surface area contributed by atoms with Gasteiger partial charge < -0.3 is 4.74 Å². The van der Waals surface area contributed by atoms with Crippen LogP contribution in [0.1, 0.15) is 22.8 Å². The maximum absolute atomic E-state index is 12.4. The molecule has 0 aromatic heterocycles. The minimum absolute atomic E-state index is 0. The van der Waals surface area contributed by atoms with Crippen molar-refractivity contribution in [1.29, 1.82) is 0 Å². The summed E-state index contributed by atoms with van der Waals surface area (Å²) in [4.78, 5) is 12.4. The summed E-state index contributed by atoms with van der Waals surface area (Å²) in [5, 5.41) is 1.51. The number of hydrogen-bond donors (Lipinski definition) is 0. The Labute approximate surface area is 144 Å². The van der Waals surface area contributed by atoms with Gasteiger partial charge in [-0.1, -0.05) is 35.9 Å². The topological polar surface area (TPSA) is 26.3 Å². The Hall–Kier alpha value is -0.773. The monoisotopic (exact) mass is 313 g/mol. The fourth-order valence-corrected chi connectivity index (χ4v) is 3.35. The second-order valence-corrected chi connectivity index (χ2v) is 6.03. The van der Waals surface area contributed by atoms with E-state index < -0.39 is 0 Å². The molecule has 1 radical (unpaired) electrons. The Morgan fingerprint density at radius 1 is 1.19 bits per heavy atom. The van der Waals surface area contributed by atoms with E-state index in [4.69, 9.17) is 16.3 Å². The van der Waals surface area contributed by atoms with E-state index in [1.807, 2.05) is 50.2 Å². The first kappa shape index (κ1) is 18.3. The van der Waals surface area contributed by atoms with Crippen LogP contribution < -0.4 is 10.0 Å². The first-order chi connectivity index (χ1) is 9.61. The van der Waals surface area contributed by atoms with Crippen LogP contribution in [0.4, 0.5) is 0 Å². The summed E-state index contributed by atoms with van der Waals surface area (Å²) in [7, 11) is 0.0680. The number of halogens is 1. The van der Waals surface area contributed by atoms with Gasteiger partial charge in [-0.3, -0.25) is 4.79 Å². The fourth-order valence-electron chi connectivity index (χ4n) is 1.91. The van der Waals surface area contributed by atoms with Gasteiger partial charge in [-0.2, -0.15) is 0 Å². The van der Waals surface area contributed by atoms with E-state index in [9.17, 15) is 4.79 Å². The number of ether oxygens (including phenoxy) is 1. The number of aryl methyl sites for hydroxylation is 1. The molecule has 2 nitrogen and oxygen atoms in total. The molecule has 5 heteroatoms. The maximum atomic E-state index is 12.4. The summed E-state index contributed by atoms with van der Waals surface area (Å²) in [6.45, 7) is 4.49. The van der Waals surface area contributed by atoms with Gasteiger partial charge in [0, 0.05) is 24.4 Å². The molecule has 2 rings (SSSR count). The predicted octanol–water partition coefficient (Wildman–Crippen LogP) is 3.81. The third kappa shape index (κ3) is 4.87. The Morgan fingerprint density at radius 3 is 2.43 bits per heavy atom. The Bertz CT molecular complexity index is 594. The molecular formula is C16H16ClLiO2P. The largest absolute Gasteiger partial charge is 0.494 e. The van der Waals surface area contributed by atoms with Crippen LogP contribution in [0.25, 0.3) is 0 Å². The summed E-state index contributed by atoms with van der Waals surface area (Å²) < 4.78 is 5.39. The molecule has 2 aromatic carbocycles. The van der Waals surface area contributed by atoms with Crippen molar-refractivity contribution in [2.24, 2.45) is 0 Å². The van der Waals surface area contributed by atoms with Crippen LogP contribution in [0.2, 0.25) is 5.02 Å². The van der Waals surface area contributed by atoms with Crippen molar-refractivity contribution in [3.05, 3.63) is 58.6 Å². The average molecular weight is 314 g/mol. The SMILES string of the molecule is CCOc1ccc(PC(=O)c2c(C)cccc2Cl)cc1.[Li]. The van der Waals surface area contributed by atoms with Gasteiger partial charge in [0.2, 0.25) is 0 Å². The zero-order chi connectivity index (χ0) is 14.5. The molecule has 2 aromatic rings. The van der Waals surface area contributed by atoms with Gasteiger partial charge in [0.05, 0.1) is 11.6 Å². The van der Waals surface area contributed by atoms with Crippen molar-refractivity contribution in [2.45, 2.75) is 13.8 Å². The molecule has 0 saturated heterocycles. The summed E-state index contributed by atoms with van der Waals surface area (Å²) in [6, 6.07) is 13.1. The average Bonchev–Trinajstić information content (AvgIpc) is 2.41. The van der Waals surface area contributed by atoms with Crippen LogP contribution in [0.3, 0.4) is 0 Å². The van der Waals surface area contributed by atoms with E-state index in [2.05, 4.69) is 0 Å². The van der Waals surface area contributed by atoms with Crippen molar-refractivity contribution in [2.75, 3.05) is 6.61 Å². The van der Waals surface area contributed by atoms with Gasteiger partial charge in [0.1, 0.15) is 5.75 Å². The minimum atomic E-state index is 0. The number of rotatable bonds is 5. The van der Waals surface area contributed by atoms with Gasteiger partial charge in [-0.25, -0.2) is 0 Å². The second-order valence-electron chi connectivity index (χ2n) is 4.34. The van der Waals surface area contributed by atoms with Crippen molar-refractivity contribution < 1.29 is 9.53 Å². The summed E-state index contributed by atoms with van der Waals surface area (Å²) in [5.74, 6) is 0.822. The third-order valence-corrected chi connectivity index (χ3v) is 4.29. The van der Waals surface area contributed by atoms with E-state index in [1.165, 1.54) is 0 Å². The van der Waals surface area contributed by atoms with E-state index in [1.54, 1.807) is 6.07 Å². The normalized spacial score (nSPS) is 10.4. The van der Waals surface area contributed by atoms with E-state index in [-0.39, 0.29) is 33.0 Å². The molecule has 0 bridgehead atoms. The Morgan fingerprint density at radius 2 is 1.86 bits per heavy atom. The molecule has 0 N–H and O–H groups in total. The number of benzene rings is 2. The quantitative estimate of drug-likeness (QED) is 0.620. The number of carbonyl (C=O) groups excluding carboxylic acids is 1. The molecule has 0 spiro atoms. The molecular weight excluding hydrogens is 298 g/mol. The van der Waals surface area contributed by atoms with E-state index in [0.717, 1.165) is 16.6 Å². The number of carbonyl (C=O) groups is 1. The van der Waals surface area contributed by atoms with Crippen molar-refractivity contribution in [3.8, 4) is 5.75 Å². The first-order valence-electron chi connectivity index (χ1n) is 6.41. The molecule has 1 atom stereocenters. The van der Waals surface area contributed by atoms with Gasteiger partial charge in [-0.05, 0) is 51.5 Å². The molecule has 0 aliphatic carbocycles. The van der Waals surface area contributed by atoms with Gasteiger partial charge in [0.15, 0.2) is 5.52 Å². The van der Waals surface area contributed by atoms with Crippen molar-refractivity contribution in [1.82, 2.24) is 0 Å². The van der Waals surface area contributed by atoms with Crippen LogP contribution in [-0.2, 0) is 0 Å². The molecule has 0 heterocycles.